The Hall–Kier alpha value is -1.76. The molecule has 0 heterocycles. The molecular formula is C38H66N2O2. The van der Waals surface area contributed by atoms with Gasteiger partial charge in [-0.3, -0.25) is 0 Å². The molecule has 0 saturated heterocycles. The summed E-state index contributed by atoms with van der Waals surface area (Å²) in [6.07, 6.45) is 44.5. The summed E-state index contributed by atoms with van der Waals surface area (Å²) in [7, 11) is 0. The van der Waals surface area contributed by atoms with E-state index in [1.54, 1.807) is 12.2 Å². The third kappa shape index (κ3) is 20.2. The SMILES string of the molecule is CCCCC/C=C/CC1C(CCCCCC)C=CC(CCCCCCCCN=C=O)C1CCCCCCCCN=C=O. The number of isocyanates is 2. The van der Waals surface area contributed by atoms with Gasteiger partial charge in [-0.2, -0.15) is 0 Å². The highest BCUT2D eigenvalue weighted by Gasteiger charge is 2.34. The fourth-order valence-electron chi connectivity index (χ4n) is 6.94. The first kappa shape index (κ1) is 38.3. The van der Waals surface area contributed by atoms with Gasteiger partial charge < -0.3 is 0 Å². The fraction of sp³-hybridized carbons (Fsp3) is 0.842. The van der Waals surface area contributed by atoms with Gasteiger partial charge in [-0.25, -0.2) is 19.6 Å². The van der Waals surface area contributed by atoms with Crippen molar-refractivity contribution in [2.24, 2.45) is 33.7 Å². The Bertz CT molecular complexity index is 763. The lowest BCUT2D eigenvalue weighted by atomic mass is 9.65. The van der Waals surface area contributed by atoms with E-state index in [-0.39, 0.29) is 0 Å². The van der Waals surface area contributed by atoms with Crippen molar-refractivity contribution >= 4 is 12.2 Å². The second-order valence-electron chi connectivity index (χ2n) is 12.9. The third-order valence-electron chi connectivity index (χ3n) is 9.44. The molecule has 4 atom stereocenters. The van der Waals surface area contributed by atoms with Crippen molar-refractivity contribution in [3.63, 3.8) is 0 Å². The molecule has 0 spiro atoms. The van der Waals surface area contributed by atoms with Crippen LogP contribution in [0, 0.1) is 23.7 Å². The van der Waals surface area contributed by atoms with Crippen LogP contribution in [0.15, 0.2) is 34.3 Å². The molecule has 4 heteroatoms. The highest BCUT2D eigenvalue weighted by atomic mass is 16.1. The summed E-state index contributed by atoms with van der Waals surface area (Å²) < 4.78 is 0. The summed E-state index contributed by atoms with van der Waals surface area (Å²) >= 11 is 0. The van der Waals surface area contributed by atoms with E-state index in [0.29, 0.717) is 13.1 Å². The van der Waals surface area contributed by atoms with E-state index in [0.717, 1.165) is 36.5 Å². The maximum absolute atomic E-state index is 10.3. The zero-order chi connectivity index (χ0) is 30.4. The number of rotatable bonds is 29. The summed E-state index contributed by atoms with van der Waals surface area (Å²) in [5.41, 5.74) is 0. The molecule has 0 saturated carbocycles. The molecule has 0 bridgehead atoms. The lowest BCUT2D eigenvalue weighted by molar-refractivity contribution is 0.159. The van der Waals surface area contributed by atoms with Gasteiger partial charge in [0, 0.05) is 0 Å². The van der Waals surface area contributed by atoms with Crippen LogP contribution in [0.3, 0.4) is 0 Å². The maximum Gasteiger partial charge on any atom is 0.234 e. The average Bonchev–Trinajstić information content (AvgIpc) is 3.00. The molecule has 1 rings (SSSR count). The molecule has 4 unspecified atom stereocenters. The summed E-state index contributed by atoms with van der Waals surface area (Å²) in [5.74, 6) is 3.09. The second-order valence-corrected chi connectivity index (χ2v) is 12.9. The lowest BCUT2D eigenvalue weighted by Crippen LogP contribution is -2.31. The Balaban J connectivity index is 2.75. The first-order chi connectivity index (χ1) is 20.8. The number of nitrogens with zero attached hydrogens (tertiary/aromatic N) is 2. The van der Waals surface area contributed by atoms with Crippen molar-refractivity contribution in [2.45, 2.75) is 168 Å². The Kier molecular flexibility index (Phi) is 26.7. The van der Waals surface area contributed by atoms with Crippen LogP contribution in [0.25, 0.3) is 0 Å². The Morgan fingerprint density at radius 1 is 0.524 bits per heavy atom. The van der Waals surface area contributed by atoms with Crippen LogP contribution in [0.1, 0.15) is 168 Å². The van der Waals surface area contributed by atoms with Gasteiger partial charge >= 0.3 is 0 Å². The molecule has 0 aromatic rings. The first-order valence-electron chi connectivity index (χ1n) is 18.2. The predicted molar refractivity (Wildman–Crippen MR) is 180 cm³/mol. The zero-order valence-electron chi connectivity index (χ0n) is 27.7. The van der Waals surface area contributed by atoms with Crippen LogP contribution >= 0.6 is 0 Å². The summed E-state index contributed by atoms with van der Waals surface area (Å²) in [4.78, 5) is 27.9. The monoisotopic (exact) mass is 583 g/mol. The van der Waals surface area contributed by atoms with Crippen LogP contribution in [-0.4, -0.2) is 25.2 Å². The van der Waals surface area contributed by atoms with Gasteiger partial charge in [-0.05, 0) is 75.0 Å². The molecule has 0 radical (unpaired) electrons. The minimum absolute atomic E-state index is 0.640. The summed E-state index contributed by atoms with van der Waals surface area (Å²) in [6.45, 7) is 5.89. The van der Waals surface area contributed by atoms with Crippen LogP contribution in [-0.2, 0) is 9.59 Å². The number of aliphatic imine (C=N–C) groups is 2. The number of hydrogen-bond donors (Lipinski definition) is 0. The van der Waals surface area contributed by atoms with Crippen molar-refractivity contribution in [1.29, 1.82) is 0 Å². The molecule has 0 aromatic heterocycles. The Morgan fingerprint density at radius 3 is 1.52 bits per heavy atom. The highest BCUT2D eigenvalue weighted by molar-refractivity contribution is 5.32. The van der Waals surface area contributed by atoms with Crippen LogP contribution in [0.2, 0.25) is 0 Å². The van der Waals surface area contributed by atoms with E-state index < -0.39 is 0 Å². The molecule has 0 N–H and O–H groups in total. The Morgan fingerprint density at radius 2 is 0.976 bits per heavy atom. The van der Waals surface area contributed by atoms with Gasteiger partial charge in [0.15, 0.2) is 0 Å². The number of unbranched alkanes of at least 4 members (excludes halogenated alkanes) is 16. The van der Waals surface area contributed by atoms with Crippen LogP contribution in [0.5, 0.6) is 0 Å². The number of allylic oxidation sites excluding steroid dienone is 4. The van der Waals surface area contributed by atoms with Crippen LogP contribution in [0.4, 0.5) is 0 Å². The molecule has 1 aliphatic rings. The van der Waals surface area contributed by atoms with E-state index in [1.807, 2.05) is 0 Å². The van der Waals surface area contributed by atoms with Crippen LogP contribution < -0.4 is 0 Å². The largest absolute Gasteiger partial charge is 0.234 e. The van der Waals surface area contributed by atoms with Gasteiger partial charge in [-0.1, -0.05) is 141 Å². The van der Waals surface area contributed by atoms with Gasteiger partial charge in [0.1, 0.15) is 0 Å². The van der Waals surface area contributed by atoms with Crippen molar-refractivity contribution in [2.75, 3.05) is 13.1 Å². The normalized spacial score (nSPS) is 20.0. The van der Waals surface area contributed by atoms with Gasteiger partial charge in [0.2, 0.25) is 12.2 Å². The molecule has 240 valence electrons. The molecule has 1 aliphatic carbocycles. The van der Waals surface area contributed by atoms with E-state index in [2.05, 4.69) is 48.1 Å². The molecule has 0 aromatic carbocycles. The molecule has 4 nitrogen and oxygen atoms in total. The molecule has 0 fully saturated rings. The van der Waals surface area contributed by atoms with E-state index in [1.165, 1.54) is 141 Å². The highest BCUT2D eigenvalue weighted by Crippen LogP contribution is 2.44. The van der Waals surface area contributed by atoms with Crippen molar-refractivity contribution in [3.8, 4) is 0 Å². The van der Waals surface area contributed by atoms with Gasteiger partial charge in [0.25, 0.3) is 0 Å². The van der Waals surface area contributed by atoms with Gasteiger partial charge in [0.05, 0.1) is 13.1 Å². The minimum atomic E-state index is 0.640. The third-order valence-corrected chi connectivity index (χ3v) is 9.44. The fourth-order valence-corrected chi connectivity index (χ4v) is 6.94. The average molecular weight is 583 g/mol. The second kappa shape index (κ2) is 29.3. The maximum atomic E-state index is 10.3. The van der Waals surface area contributed by atoms with Crippen molar-refractivity contribution < 1.29 is 9.59 Å². The molecule has 0 amide bonds. The molecule has 42 heavy (non-hydrogen) atoms. The number of carbonyl (C=O) groups excluding carboxylic acids is 2. The Labute approximate surface area is 260 Å². The smallest absolute Gasteiger partial charge is 0.211 e. The standard InChI is InChI=1S/C38H66N2O2/c1-3-5-7-9-15-21-27-37-35(25-19-8-6-4-2)29-30-36(26-20-14-10-12-17-23-31-39-33-41)38(37)28-22-16-11-13-18-24-32-40-34-42/h15,21,29-30,35-38H,3-14,16-20,22-28,31-32H2,1-2H3/b21-15+. The van der Waals surface area contributed by atoms with E-state index in [9.17, 15) is 9.59 Å². The summed E-state index contributed by atoms with van der Waals surface area (Å²) in [5, 5.41) is 0. The zero-order valence-corrected chi connectivity index (χ0v) is 27.7. The van der Waals surface area contributed by atoms with Crippen molar-refractivity contribution in [3.05, 3.63) is 24.3 Å². The van der Waals surface area contributed by atoms with E-state index in [4.69, 9.17) is 0 Å². The topological polar surface area (TPSA) is 58.9 Å². The predicted octanol–water partition coefficient (Wildman–Crippen LogP) is 11.7. The van der Waals surface area contributed by atoms with E-state index >= 15 is 0 Å². The summed E-state index contributed by atoms with van der Waals surface area (Å²) in [6, 6.07) is 0. The lowest BCUT2D eigenvalue weighted by Gasteiger charge is -2.40. The quantitative estimate of drug-likeness (QED) is 0.0381. The molecular weight excluding hydrogens is 516 g/mol. The number of hydrogen-bond acceptors (Lipinski definition) is 4. The van der Waals surface area contributed by atoms with Gasteiger partial charge in [-0.15, -0.1) is 0 Å². The van der Waals surface area contributed by atoms with Crippen molar-refractivity contribution in [1.82, 2.24) is 0 Å². The minimum Gasteiger partial charge on any atom is -0.211 e. The first-order valence-corrected chi connectivity index (χ1v) is 18.2. The molecule has 0 aliphatic heterocycles.